The highest BCUT2D eigenvalue weighted by Gasteiger charge is 2.26. The minimum absolute atomic E-state index is 0. The average Bonchev–Trinajstić information content (AvgIpc) is 2.94. The van der Waals surface area contributed by atoms with Crippen molar-refractivity contribution in [3.8, 4) is 5.75 Å². The van der Waals surface area contributed by atoms with E-state index in [9.17, 15) is 8.42 Å². The van der Waals surface area contributed by atoms with Gasteiger partial charge in [0.05, 0.1) is 9.92 Å². The van der Waals surface area contributed by atoms with Gasteiger partial charge in [0.15, 0.2) is 0 Å². The van der Waals surface area contributed by atoms with Crippen molar-refractivity contribution in [2.75, 3.05) is 6.54 Å². The number of nitrogens with two attached hydrogens (primary N) is 1. The molecule has 2 aromatic rings. The van der Waals surface area contributed by atoms with Crippen molar-refractivity contribution in [2.24, 2.45) is 5.73 Å². The van der Waals surface area contributed by atoms with Crippen LogP contribution >= 0.6 is 24.0 Å². The lowest BCUT2D eigenvalue weighted by atomic mass is 10.1. The average molecular weight is 403 g/mol. The zero-order valence-electron chi connectivity index (χ0n) is 13.6. The second-order valence-corrected chi connectivity index (χ2v) is 8.07. The van der Waals surface area contributed by atoms with Crippen LogP contribution in [0.15, 0.2) is 47.4 Å². The molecular weight excluding hydrogens is 383 g/mol. The van der Waals surface area contributed by atoms with Crippen molar-refractivity contribution >= 4 is 34.0 Å². The van der Waals surface area contributed by atoms with Crippen LogP contribution in [0.25, 0.3) is 0 Å². The first-order valence-electron chi connectivity index (χ1n) is 7.66. The van der Waals surface area contributed by atoms with Crippen LogP contribution in [-0.4, -0.2) is 21.1 Å². The normalized spacial score (nSPS) is 17.3. The molecule has 1 heterocycles. The van der Waals surface area contributed by atoms with Gasteiger partial charge < -0.3 is 10.5 Å². The predicted molar refractivity (Wildman–Crippen MR) is 101 cm³/mol. The molecule has 0 bridgehead atoms. The van der Waals surface area contributed by atoms with Crippen LogP contribution in [0, 0.1) is 0 Å². The van der Waals surface area contributed by atoms with Gasteiger partial charge in [0, 0.05) is 24.6 Å². The molecule has 3 rings (SSSR count). The summed E-state index contributed by atoms with van der Waals surface area (Å²) >= 11 is 6.16. The van der Waals surface area contributed by atoms with Crippen LogP contribution in [0.4, 0.5) is 0 Å². The van der Waals surface area contributed by atoms with Gasteiger partial charge in [-0.25, -0.2) is 13.1 Å². The number of rotatable bonds is 5. The maximum Gasteiger partial charge on any atom is 0.240 e. The summed E-state index contributed by atoms with van der Waals surface area (Å²) in [6.45, 7) is 2.02. The van der Waals surface area contributed by atoms with Gasteiger partial charge in [-0.3, -0.25) is 0 Å². The van der Waals surface area contributed by atoms with Crippen LogP contribution in [0.5, 0.6) is 5.75 Å². The molecule has 8 heteroatoms. The molecule has 0 aromatic heterocycles. The standard InChI is InChI=1S/C17H19ClN2O3S.ClH/c1-11-7-13-8-14(9-15(18)17(13)23-11)24(21,22)20-10-16(19)12-5-3-2-4-6-12;/h2-6,8-9,11,16,20H,7,10,19H2,1H3;1H. The lowest BCUT2D eigenvalue weighted by Crippen LogP contribution is -2.32. The highest BCUT2D eigenvalue weighted by atomic mass is 35.5. The largest absolute Gasteiger partial charge is 0.489 e. The van der Waals surface area contributed by atoms with Gasteiger partial charge in [0.1, 0.15) is 11.9 Å². The molecule has 0 spiro atoms. The number of nitrogens with one attached hydrogen (secondary N) is 1. The number of ether oxygens (including phenoxy) is 1. The molecule has 0 radical (unpaired) electrons. The van der Waals surface area contributed by atoms with E-state index in [1.165, 1.54) is 6.07 Å². The van der Waals surface area contributed by atoms with Gasteiger partial charge in [-0.2, -0.15) is 0 Å². The molecule has 1 aliphatic heterocycles. The summed E-state index contributed by atoms with van der Waals surface area (Å²) in [5.41, 5.74) is 7.72. The Morgan fingerprint density at radius 3 is 2.68 bits per heavy atom. The van der Waals surface area contributed by atoms with Gasteiger partial charge >= 0.3 is 0 Å². The quantitative estimate of drug-likeness (QED) is 0.804. The summed E-state index contributed by atoms with van der Waals surface area (Å²) in [6, 6.07) is 11.9. The summed E-state index contributed by atoms with van der Waals surface area (Å²) in [4.78, 5) is 0.129. The number of sulfonamides is 1. The maximum absolute atomic E-state index is 12.5. The SMILES string of the molecule is CC1Cc2cc(S(=O)(=O)NCC(N)c3ccccc3)cc(Cl)c2O1.Cl. The van der Waals surface area contributed by atoms with E-state index in [0.29, 0.717) is 17.2 Å². The monoisotopic (exact) mass is 402 g/mol. The Balaban J connectivity index is 0.00000225. The molecule has 1 aliphatic rings. The first-order valence-corrected chi connectivity index (χ1v) is 9.52. The van der Waals surface area contributed by atoms with E-state index in [0.717, 1.165) is 11.1 Å². The third-order valence-corrected chi connectivity index (χ3v) is 5.64. The number of hydrogen-bond acceptors (Lipinski definition) is 4. The second kappa shape index (κ2) is 7.93. The molecule has 5 nitrogen and oxygen atoms in total. The van der Waals surface area contributed by atoms with Crippen molar-refractivity contribution < 1.29 is 13.2 Å². The highest BCUT2D eigenvalue weighted by Crippen LogP contribution is 2.37. The van der Waals surface area contributed by atoms with Gasteiger partial charge in [-0.05, 0) is 24.6 Å². The molecule has 2 unspecified atom stereocenters. The highest BCUT2D eigenvalue weighted by molar-refractivity contribution is 7.89. The van der Waals surface area contributed by atoms with E-state index < -0.39 is 16.1 Å². The smallest absolute Gasteiger partial charge is 0.240 e. The zero-order valence-corrected chi connectivity index (χ0v) is 16.0. The molecule has 3 N–H and O–H groups in total. The number of hydrogen-bond donors (Lipinski definition) is 2. The first kappa shape index (κ1) is 20.0. The third-order valence-electron chi connectivity index (χ3n) is 3.95. The fourth-order valence-corrected chi connectivity index (χ4v) is 4.20. The topological polar surface area (TPSA) is 81.4 Å². The minimum atomic E-state index is -3.69. The first-order chi connectivity index (χ1) is 11.4. The van der Waals surface area contributed by atoms with Gasteiger partial charge in [0.2, 0.25) is 10.0 Å². The Morgan fingerprint density at radius 2 is 2.00 bits per heavy atom. The summed E-state index contributed by atoms with van der Waals surface area (Å²) in [7, 11) is -3.69. The molecule has 136 valence electrons. The Labute approximate surface area is 159 Å². The molecule has 2 atom stereocenters. The molecule has 0 fully saturated rings. The van der Waals surface area contributed by atoms with E-state index in [1.807, 2.05) is 37.3 Å². The van der Waals surface area contributed by atoms with Gasteiger partial charge in [-0.15, -0.1) is 12.4 Å². The summed E-state index contributed by atoms with van der Waals surface area (Å²) in [6.07, 6.45) is 0.636. The summed E-state index contributed by atoms with van der Waals surface area (Å²) in [5.74, 6) is 0.573. The van der Waals surface area contributed by atoms with E-state index in [-0.39, 0.29) is 30.0 Å². The minimum Gasteiger partial charge on any atom is -0.489 e. The maximum atomic E-state index is 12.5. The molecular formula is C17H20Cl2N2O3S. The fraction of sp³-hybridized carbons (Fsp3) is 0.294. The molecule has 2 aromatic carbocycles. The molecule has 0 aliphatic carbocycles. The summed E-state index contributed by atoms with van der Waals surface area (Å²) < 4.78 is 33.2. The van der Waals surface area contributed by atoms with Crippen LogP contribution < -0.4 is 15.2 Å². The summed E-state index contributed by atoms with van der Waals surface area (Å²) in [5, 5.41) is 0.310. The van der Waals surface area contributed by atoms with E-state index in [4.69, 9.17) is 22.1 Å². The second-order valence-electron chi connectivity index (χ2n) is 5.90. The van der Waals surface area contributed by atoms with E-state index in [2.05, 4.69) is 4.72 Å². The fourth-order valence-electron chi connectivity index (χ4n) is 2.71. The molecule has 0 saturated carbocycles. The van der Waals surface area contributed by atoms with Crippen LogP contribution in [0.1, 0.15) is 24.1 Å². The van der Waals surface area contributed by atoms with Crippen molar-refractivity contribution in [1.29, 1.82) is 0 Å². The Hall–Kier alpha value is -1.31. The Bertz CT molecular complexity index is 844. The van der Waals surface area contributed by atoms with E-state index in [1.54, 1.807) is 6.07 Å². The number of benzene rings is 2. The Morgan fingerprint density at radius 1 is 1.32 bits per heavy atom. The molecule has 0 amide bonds. The van der Waals surface area contributed by atoms with Crippen molar-refractivity contribution in [2.45, 2.75) is 30.4 Å². The zero-order chi connectivity index (χ0) is 17.3. The van der Waals surface area contributed by atoms with Crippen LogP contribution in [-0.2, 0) is 16.4 Å². The number of halogens is 2. The van der Waals surface area contributed by atoms with Crippen LogP contribution in [0.3, 0.4) is 0 Å². The predicted octanol–water partition coefficient (Wildman–Crippen LogP) is 3.06. The number of fused-ring (bicyclic) bond motifs is 1. The van der Waals surface area contributed by atoms with Crippen molar-refractivity contribution in [3.05, 3.63) is 58.6 Å². The van der Waals surface area contributed by atoms with E-state index >= 15 is 0 Å². The van der Waals surface area contributed by atoms with Crippen LogP contribution in [0.2, 0.25) is 5.02 Å². The van der Waals surface area contributed by atoms with Gasteiger partial charge in [-0.1, -0.05) is 41.9 Å². The van der Waals surface area contributed by atoms with Crippen molar-refractivity contribution in [3.63, 3.8) is 0 Å². The van der Waals surface area contributed by atoms with Gasteiger partial charge in [0.25, 0.3) is 0 Å². The van der Waals surface area contributed by atoms with Crippen molar-refractivity contribution in [1.82, 2.24) is 4.72 Å². The molecule has 0 saturated heterocycles. The lowest BCUT2D eigenvalue weighted by molar-refractivity contribution is 0.255. The molecule has 25 heavy (non-hydrogen) atoms. The lowest BCUT2D eigenvalue weighted by Gasteiger charge is -2.14. The Kier molecular flexibility index (Phi) is 6.35. The third kappa shape index (κ3) is 4.46.